The van der Waals surface area contributed by atoms with Gasteiger partial charge in [0.1, 0.15) is 0 Å². The van der Waals surface area contributed by atoms with Crippen molar-refractivity contribution >= 4 is 23.2 Å². The van der Waals surface area contributed by atoms with Crippen molar-refractivity contribution in [2.24, 2.45) is 5.10 Å². The highest BCUT2D eigenvalue weighted by molar-refractivity contribution is 6.34. The Morgan fingerprint density at radius 1 is 1.23 bits per heavy atom. The van der Waals surface area contributed by atoms with Crippen molar-refractivity contribution in [1.82, 2.24) is 5.43 Å². The highest BCUT2D eigenvalue weighted by Crippen LogP contribution is 2.16. The summed E-state index contributed by atoms with van der Waals surface area (Å²) in [6.07, 6.45) is 0. The molecule has 6 heteroatoms. The van der Waals surface area contributed by atoms with Gasteiger partial charge in [-0.2, -0.15) is 5.10 Å². The van der Waals surface area contributed by atoms with E-state index >= 15 is 0 Å². The van der Waals surface area contributed by atoms with Crippen LogP contribution in [0.4, 0.5) is 4.39 Å². The van der Waals surface area contributed by atoms with Crippen LogP contribution in [-0.2, 0) is 4.79 Å². The molecule has 1 N–H and O–H groups in total. The lowest BCUT2D eigenvalue weighted by Crippen LogP contribution is -2.25. The first-order valence-corrected chi connectivity index (χ1v) is 6.91. The molecule has 0 aliphatic rings. The number of rotatable bonds is 5. The number of amides is 1. The fourth-order valence-corrected chi connectivity index (χ4v) is 1.97. The molecule has 0 saturated carbocycles. The van der Waals surface area contributed by atoms with Crippen LogP contribution in [0.1, 0.15) is 12.5 Å². The zero-order valence-corrected chi connectivity index (χ0v) is 12.6. The van der Waals surface area contributed by atoms with Gasteiger partial charge in [-0.25, -0.2) is 9.82 Å². The molecule has 22 heavy (non-hydrogen) atoms. The molecule has 0 spiro atoms. The van der Waals surface area contributed by atoms with E-state index in [0.29, 0.717) is 10.7 Å². The van der Waals surface area contributed by atoms with E-state index in [0.717, 1.165) is 5.56 Å². The number of hydrogen-bond donors (Lipinski definition) is 1. The number of carbonyl (C=O) groups is 1. The van der Waals surface area contributed by atoms with Crippen molar-refractivity contribution in [3.05, 3.63) is 64.9 Å². The van der Waals surface area contributed by atoms with E-state index in [-0.39, 0.29) is 12.4 Å². The zero-order valence-electron chi connectivity index (χ0n) is 11.8. The molecular weight excluding hydrogens is 307 g/mol. The number of nitrogens with zero attached hydrogens (tertiary/aromatic N) is 1. The number of hydrazone groups is 1. The summed E-state index contributed by atoms with van der Waals surface area (Å²) in [5, 5.41) is 4.49. The molecule has 0 heterocycles. The smallest absolute Gasteiger partial charge is 0.277 e. The van der Waals surface area contributed by atoms with Gasteiger partial charge in [-0.05, 0) is 25.1 Å². The molecule has 2 aromatic carbocycles. The van der Waals surface area contributed by atoms with Crippen LogP contribution in [0.3, 0.4) is 0 Å². The van der Waals surface area contributed by atoms with Gasteiger partial charge in [0.05, 0.1) is 5.71 Å². The monoisotopic (exact) mass is 320 g/mol. The van der Waals surface area contributed by atoms with Gasteiger partial charge in [-0.3, -0.25) is 4.79 Å². The van der Waals surface area contributed by atoms with Crippen molar-refractivity contribution in [3.63, 3.8) is 0 Å². The lowest BCUT2D eigenvalue weighted by molar-refractivity contribution is -0.123. The lowest BCUT2D eigenvalue weighted by Gasteiger charge is -2.07. The normalized spacial score (nSPS) is 11.1. The van der Waals surface area contributed by atoms with Crippen LogP contribution in [-0.4, -0.2) is 18.2 Å². The number of carbonyl (C=O) groups excluding carboxylic acids is 1. The number of hydrogen-bond acceptors (Lipinski definition) is 3. The van der Waals surface area contributed by atoms with E-state index in [1.165, 1.54) is 12.1 Å². The molecule has 1 amide bonds. The minimum Gasteiger partial charge on any atom is -0.481 e. The van der Waals surface area contributed by atoms with Crippen LogP contribution in [0, 0.1) is 5.82 Å². The molecule has 0 atom stereocenters. The maximum atomic E-state index is 13.3. The molecule has 0 aliphatic carbocycles. The molecule has 0 aromatic heterocycles. The maximum absolute atomic E-state index is 13.3. The Balaban J connectivity index is 1.91. The summed E-state index contributed by atoms with van der Waals surface area (Å²) in [4.78, 5) is 11.6. The topological polar surface area (TPSA) is 50.7 Å². The predicted molar refractivity (Wildman–Crippen MR) is 83.7 cm³/mol. The van der Waals surface area contributed by atoms with Gasteiger partial charge in [0.25, 0.3) is 5.91 Å². The third-order valence-corrected chi connectivity index (χ3v) is 3.14. The predicted octanol–water partition coefficient (Wildman–Crippen LogP) is 3.40. The van der Waals surface area contributed by atoms with E-state index < -0.39 is 11.7 Å². The van der Waals surface area contributed by atoms with Crippen LogP contribution in [0.25, 0.3) is 0 Å². The van der Waals surface area contributed by atoms with E-state index in [1.807, 2.05) is 6.07 Å². The van der Waals surface area contributed by atoms with Gasteiger partial charge in [0.15, 0.2) is 18.2 Å². The first-order valence-electron chi connectivity index (χ1n) is 6.53. The Morgan fingerprint density at radius 3 is 2.64 bits per heavy atom. The molecule has 0 aliphatic heterocycles. The molecule has 0 fully saturated rings. The summed E-state index contributed by atoms with van der Waals surface area (Å²) >= 11 is 6.03. The second kappa shape index (κ2) is 7.56. The molecule has 114 valence electrons. The van der Waals surface area contributed by atoms with Crippen LogP contribution in [0.15, 0.2) is 53.6 Å². The van der Waals surface area contributed by atoms with Crippen molar-refractivity contribution in [2.45, 2.75) is 6.92 Å². The van der Waals surface area contributed by atoms with E-state index in [1.54, 1.807) is 37.3 Å². The number of ether oxygens (including phenoxy) is 1. The summed E-state index contributed by atoms with van der Waals surface area (Å²) < 4.78 is 18.4. The van der Waals surface area contributed by atoms with Gasteiger partial charge < -0.3 is 4.74 Å². The SMILES string of the molecule is C/C(=N\NC(=O)COc1ccccc1F)c1ccccc1Cl. The number of nitrogens with one attached hydrogen (secondary N) is 1. The molecule has 0 radical (unpaired) electrons. The second-order valence-electron chi connectivity index (χ2n) is 4.43. The van der Waals surface area contributed by atoms with Gasteiger partial charge >= 0.3 is 0 Å². The highest BCUT2D eigenvalue weighted by Gasteiger charge is 2.07. The largest absolute Gasteiger partial charge is 0.481 e. The average molecular weight is 321 g/mol. The number of halogens is 2. The fourth-order valence-electron chi connectivity index (χ4n) is 1.70. The Hall–Kier alpha value is -2.40. The van der Waals surface area contributed by atoms with Gasteiger partial charge in [-0.15, -0.1) is 0 Å². The molecule has 2 aromatic rings. The minimum absolute atomic E-state index is 0.0180. The standard InChI is InChI=1S/C16H14ClFN2O2/c1-11(12-6-2-3-7-13(12)17)19-20-16(21)10-22-15-9-5-4-8-14(15)18/h2-9H,10H2,1H3,(H,20,21)/b19-11+. The summed E-state index contributed by atoms with van der Waals surface area (Å²) in [5.41, 5.74) is 3.62. The molecule has 0 bridgehead atoms. The Kier molecular flexibility index (Phi) is 5.49. The molecule has 4 nitrogen and oxygen atoms in total. The first-order chi connectivity index (χ1) is 10.6. The van der Waals surface area contributed by atoms with Crippen LogP contribution in [0.5, 0.6) is 5.75 Å². The van der Waals surface area contributed by atoms with Gasteiger partial charge in [0.2, 0.25) is 0 Å². The molecular formula is C16H14ClFN2O2. The van der Waals surface area contributed by atoms with Crippen molar-refractivity contribution in [1.29, 1.82) is 0 Å². The Bertz CT molecular complexity index is 704. The summed E-state index contributed by atoms with van der Waals surface area (Å²) in [7, 11) is 0. The summed E-state index contributed by atoms with van der Waals surface area (Å²) in [6, 6.07) is 13.0. The van der Waals surface area contributed by atoms with Crippen LogP contribution in [0.2, 0.25) is 5.02 Å². The van der Waals surface area contributed by atoms with Crippen molar-refractivity contribution in [3.8, 4) is 5.75 Å². The maximum Gasteiger partial charge on any atom is 0.277 e. The molecule has 0 saturated heterocycles. The molecule has 2 rings (SSSR count). The second-order valence-corrected chi connectivity index (χ2v) is 4.84. The lowest BCUT2D eigenvalue weighted by atomic mass is 10.1. The van der Waals surface area contributed by atoms with Crippen LogP contribution >= 0.6 is 11.6 Å². The van der Waals surface area contributed by atoms with Gasteiger partial charge in [-0.1, -0.05) is 41.9 Å². The zero-order chi connectivity index (χ0) is 15.9. The first kappa shape index (κ1) is 16.0. The Labute approximate surface area is 132 Å². The van der Waals surface area contributed by atoms with E-state index in [2.05, 4.69) is 10.5 Å². The number of benzene rings is 2. The van der Waals surface area contributed by atoms with E-state index in [4.69, 9.17) is 16.3 Å². The van der Waals surface area contributed by atoms with E-state index in [9.17, 15) is 9.18 Å². The van der Waals surface area contributed by atoms with Crippen LogP contribution < -0.4 is 10.2 Å². The Morgan fingerprint density at radius 2 is 1.91 bits per heavy atom. The third-order valence-electron chi connectivity index (χ3n) is 2.81. The minimum atomic E-state index is -0.522. The quantitative estimate of drug-likeness (QED) is 0.678. The highest BCUT2D eigenvalue weighted by atomic mass is 35.5. The van der Waals surface area contributed by atoms with Crippen molar-refractivity contribution < 1.29 is 13.9 Å². The number of para-hydroxylation sites is 1. The molecule has 0 unspecified atom stereocenters. The van der Waals surface area contributed by atoms with Crippen molar-refractivity contribution in [2.75, 3.05) is 6.61 Å². The van der Waals surface area contributed by atoms with Gasteiger partial charge in [0, 0.05) is 10.6 Å². The summed E-state index contributed by atoms with van der Waals surface area (Å²) in [5.74, 6) is -0.995. The summed E-state index contributed by atoms with van der Waals surface area (Å²) in [6.45, 7) is 1.39. The average Bonchev–Trinajstić information content (AvgIpc) is 2.52. The fraction of sp³-hybridized carbons (Fsp3) is 0.125. The third kappa shape index (κ3) is 4.30.